The summed E-state index contributed by atoms with van der Waals surface area (Å²) in [4.78, 5) is 12.1. The van der Waals surface area contributed by atoms with Crippen LogP contribution in [-0.4, -0.2) is 36.7 Å². The average Bonchev–Trinajstić information content (AvgIpc) is 3.34. The summed E-state index contributed by atoms with van der Waals surface area (Å²) in [5.74, 6) is 5.80. The van der Waals surface area contributed by atoms with Gasteiger partial charge in [-0.05, 0) is 24.3 Å². The van der Waals surface area contributed by atoms with Crippen LogP contribution in [0.25, 0.3) is 22.8 Å². The molecule has 8 nitrogen and oxygen atoms in total. The van der Waals surface area contributed by atoms with Gasteiger partial charge in [-0.25, -0.2) is 9.07 Å². The minimum absolute atomic E-state index is 0.0457. The van der Waals surface area contributed by atoms with Gasteiger partial charge in [0.1, 0.15) is 11.5 Å². The lowest BCUT2D eigenvalue weighted by molar-refractivity contribution is -0.113. The molecular formula is C19H16FN7OS. The van der Waals surface area contributed by atoms with Gasteiger partial charge in [-0.2, -0.15) is 5.10 Å². The van der Waals surface area contributed by atoms with E-state index in [1.54, 1.807) is 6.07 Å². The molecule has 4 rings (SSSR count). The molecule has 0 aliphatic rings. The van der Waals surface area contributed by atoms with E-state index in [0.29, 0.717) is 22.4 Å². The summed E-state index contributed by atoms with van der Waals surface area (Å²) in [7, 11) is 0. The maximum atomic E-state index is 13.2. The molecule has 0 atom stereocenters. The molecule has 4 N–H and O–H groups in total. The topological polar surface area (TPSA) is 115 Å². The zero-order chi connectivity index (χ0) is 20.2. The van der Waals surface area contributed by atoms with E-state index in [1.807, 2.05) is 36.4 Å². The smallest absolute Gasteiger partial charge is 0.234 e. The number of aromatic amines is 1. The predicted molar refractivity (Wildman–Crippen MR) is 109 cm³/mol. The molecule has 0 radical (unpaired) electrons. The van der Waals surface area contributed by atoms with Gasteiger partial charge in [0.2, 0.25) is 16.9 Å². The second-order valence-electron chi connectivity index (χ2n) is 6.06. The molecule has 0 fully saturated rings. The first-order valence-corrected chi connectivity index (χ1v) is 9.58. The molecule has 0 aliphatic heterocycles. The third kappa shape index (κ3) is 4.27. The van der Waals surface area contributed by atoms with Gasteiger partial charge in [-0.15, -0.1) is 10.2 Å². The number of nitrogens with two attached hydrogens (primary N) is 1. The highest BCUT2D eigenvalue weighted by atomic mass is 32.2. The monoisotopic (exact) mass is 409 g/mol. The van der Waals surface area contributed by atoms with Crippen LogP contribution in [0.15, 0.2) is 65.8 Å². The van der Waals surface area contributed by atoms with Crippen LogP contribution in [0, 0.1) is 5.82 Å². The number of anilines is 1. The third-order valence-corrected chi connectivity index (χ3v) is 4.94. The van der Waals surface area contributed by atoms with Crippen molar-refractivity contribution in [2.24, 2.45) is 0 Å². The minimum Gasteiger partial charge on any atom is -0.335 e. The Balaban J connectivity index is 1.42. The fourth-order valence-corrected chi connectivity index (χ4v) is 3.30. The Bertz CT molecular complexity index is 1140. The number of hydrogen-bond acceptors (Lipinski definition) is 6. The van der Waals surface area contributed by atoms with E-state index in [0.717, 1.165) is 23.0 Å². The van der Waals surface area contributed by atoms with Crippen molar-refractivity contribution in [3.63, 3.8) is 0 Å². The van der Waals surface area contributed by atoms with E-state index < -0.39 is 5.82 Å². The molecule has 29 heavy (non-hydrogen) atoms. The van der Waals surface area contributed by atoms with Crippen LogP contribution in [0.3, 0.4) is 0 Å². The zero-order valence-electron chi connectivity index (χ0n) is 15.0. The van der Waals surface area contributed by atoms with E-state index in [2.05, 4.69) is 25.7 Å². The van der Waals surface area contributed by atoms with Gasteiger partial charge >= 0.3 is 0 Å². The number of aromatic nitrogens is 5. The van der Waals surface area contributed by atoms with Gasteiger partial charge in [-0.1, -0.05) is 48.2 Å². The van der Waals surface area contributed by atoms with Crippen LogP contribution in [0.4, 0.5) is 10.1 Å². The number of H-pyrrole nitrogens is 1. The van der Waals surface area contributed by atoms with Crippen LogP contribution in [-0.2, 0) is 4.79 Å². The van der Waals surface area contributed by atoms with E-state index in [-0.39, 0.29) is 11.7 Å². The predicted octanol–water partition coefficient (Wildman–Crippen LogP) is 2.92. The SMILES string of the molecule is Nn1c(SCC(=O)Nc2cccc(F)c2)nnc1-c1cc(-c2ccccc2)n[nH]1. The second kappa shape index (κ2) is 8.15. The van der Waals surface area contributed by atoms with Gasteiger partial charge in [0, 0.05) is 11.3 Å². The number of nitrogens with one attached hydrogen (secondary N) is 2. The average molecular weight is 409 g/mol. The van der Waals surface area contributed by atoms with Gasteiger partial charge in [-0.3, -0.25) is 9.89 Å². The molecule has 0 spiro atoms. The lowest BCUT2D eigenvalue weighted by Gasteiger charge is -2.05. The molecular weight excluding hydrogens is 393 g/mol. The van der Waals surface area contributed by atoms with Crippen LogP contribution in [0.5, 0.6) is 0 Å². The summed E-state index contributed by atoms with van der Waals surface area (Å²) < 4.78 is 14.5. The number of rotatable bonds is 6. The van der Waals surface area contributed by atoms with Gasteiger partial charge in [0.15, 0.2) is 0 Å². The number of benzene rings is 2. The highest BCUT2D eigenvalue weighted by Crippen LogP contribution is 2.24. The Labute approximate surface area is 169 Å². The van der Waals surface area contributed by atoms with Crippen LogP contribution >= 0.6 is 11.8 Å². The van der Waals surface area contributed by atoms with Crippen LogP contribution < -0.4 is 11.2 Å². The van der Waals surface area contributed by atoms with Gasteiger partial charge < -0.3 is 11.2 Å². The first kappa shape index (κ1) is 18.7. The number of nitrogens with zero attached hydrogens (tertiary/aromatic N) is 4. The zero-order valence-corrected chi connectivity index (χ0v) is 15.9. The molecule has 1 amide bonds. The molecule has 0 unspecified atom stereocenters. The maximum absolute atomic E-state index is 13.2. The first-order chi connectivity index (χ1) is 14.1. The van der Waals surface area contributed by atoms with Gasteiger partial charge in [0.25, 0.3) is 0 Å². The van der Waals surface area contributed by atoms with Crippen LogP contribution in [0.2, 0.25) is 0 Å². The Morgan fingerprint density at radius 2 is 1.97 bits per heavy atom. The summed E-state index contributed by atoms with van der Waals surface area (Å²) in [6, 6.07) is 17.2. The normalized spacial score (nSPS) is 10.8. The Morgan fingerprint density at radius 1 is 1.14 bits per heavy atom. The van der Waals surface area contributed by atoms with E-state index in [4.69, 9.17) is 5.84 Å². The summed E-state index contributed by atoms with van der Waals surface area (Å²) in [6.07, 6.45) is 0. The summed E-state index contributed by atoms with van der Waals surface area (Å²) in [5, 5.41) is 18.3. The minimum atomic E-state index is -0.420. The van der Waals surface area contributed by atoms with Crippen molar-refractivity contribution in [3.8, 4) is 22.8 Å². The third-order valence-electron chi connectivity index (χ3n) is 3.99. The van der Waals surface area contributed by atoms with Crippen molar-refractivity contribution < 1.29 is 9.18 Å². The van der Waals surface area contributed by atoms with E-state index in [9.17, 15) is 9.18 Å². The fraction of sp³-hybridized carbons (Fsp3) is 0.0526. The number of thioether (sulfide) groups is 1. The number of hydrogen-bond donors (Lipinski definition) is 3. The molecule has 2 heterocycles. The Hall–Kier alpha value is -3.66. The van der Waals surface area contributed by atoms with Crippen molar-refractivity contribution in [2.75, 3.05) is 16.9 Å². The van der Waals surface area contributed by atoms with Crippen LogP contribution in [0.1, 0.15) is 0 Å². The lowest BCUT2D eigenvalue weighted by Crippen LogP contribution is -2.16. The number of amides is 1. The highest BCUT2D eigenvalue weighted by Gasteiger charge is 2.16. The Kier molecular flexibility index (Phi) is 5.25. The first-order valence-electron chi connectivity index (χ1n) is 8.60. The summed E-state index contributed by atoms with van der Waals surface area (Å²) in [6.45, 7) is 0. The summed E-state index contributed by atoms with van der Waals surface area (Å²) >= 11 is 1.12. The molecule has 0 saturated carbocycles. The molecule has 0 aliphatic carbocycles. The second-order valence-corrected chi connectivity index (χ2v) is 7.00. The maximum Gasteiger partial charge on any atom is 0.234 e. The lowest BCUT2D eigenvalue weighted by atomic mass is 10.1. The number of carbonyl (C=O) groups excluding carboxylic acids is 1. The van der Waals surface area contributed by atoms with Crippen molar-refractivity contribution in [2.45, 2.75) is 5.16 Å². The Morgan fingerprint density at radius 3 is 2.76 bits per heavy atom. The number of nitrogen functional groups attached to an aromatic ring is 1. The molecule has 146 valence electrons. The molecule has 4 aromatic rings. The quantitative estimate of drug-likeness (QED) is 0.333. The number of halogens is 1. The largest absolute Gasteiger partial charge is 0.335 e. The van der Waals surface area contributed by atoms with Crippen molar-refractivity contribution in [1.29, 1.82) is 0 Å². The van der Waals surface area contributed by atoms with Crippen molar-refractivity contribution in [1.82, 2.24) is 25.1 Å². The summed E-state index contributed by atoms with van der Waals surface area (Å²) in [5.41, 5.74) is 2.71. The van der Waals surface area contributed by atoms with Crippen molar-refractivity contribution in [3.05, 3.63) is 66.5 Å². The van der Waals surface area contributed by atoms with Gasteiger partial charge in [0.05, 0.1) is 11.4 Å². The highest BCUT2D eigenvalue weighted by molar-refractivity contribution is 7.99. The fourth-order valence-electron chi connectivity index (χ4n) is 2.65. The van der Waals surface area contributed by atoms with E-state index in [1.165, 1.54) is 22.9 Å². The van der Waals surface area contributed by atoms with Crippen molar-refractivity contribution >= 4 is 23.4 Å². The molecule has 2 aromatic carbocycles. The standard InChI is InChI=1S/C19H16FN7OS/c20-13-7-4-8-14(9-13)22-17(28)11-29-19-26-25-18(27(19)21)16-10-15(23-24-16)12-5-2-1-3-6-12/h1-10H,11,21H2,(H,22,28)(H,23,24). The van der Waals surface area contributed by atoms with E-state index >= 15 is 0 Å². The molecule has 2 aromatic heterocycles. The molecule has 0 bridgehead atoms. The molecule has 0 saturated heterocycles. The molecule has 10 heteroatoms. The number of carbonyl (C=O) groups is 1.